The average Bonchev–Trinajstić information content (AvgIpc) is 2.25. The monoisotopic (exact) mass is 201 g/mol. The molecule has 0 heterocycles. The summed E-state index contributed by atoms with van der Waals surface area (Å²) in [5.41, 5.74) is 0.931. The molecule has 0 aliphatic carbocycles. The van der Waals surface area contributed by atoms with Gasteiger partial charge < -0.3 is 5.32 Å². The van der Waals surface area contributed by atoms with E-state index in [2.05, 4.69) is 5.32 Å². The molecule has 0 aliphatic rings. The van der Waals surface area contributed by atoms with Crippen LogP contribution in [0.2, 0.25) is 0 Å². The standard InChI is InChI=1S/C11H8FN3/c1-8-10(12)3-2-4-11(8)15-7-9(5-13)6-14/h2-4,7,15H,1H3. The number of anilines is 1. The summed E-state index contributed by atoms with van der Waals surface area (Å²) in [6, 6.07) is 7.97. The molecule has 0 atom stereocenters. The van der Waals surface area contributed by atoms with E-state index in [1.165, 1.54) is 12.3 Å². The van der Waals surface area contributed by atoms with Crippen molar-refractivity contribution in [1.82, 2.24) is 0 Å². The van der Waals surface area contributed by atoms with Crippen molar-refractivity contribution >= 4 is 5.69 Å². The van der Waals surface area contributed by atoms with Crippen LogP contribution in [-0.4, -0.2) is 0 Å². The van der Waals surface area contributed by atoms with Gasteiger partial charge in [0.15, 0.2) is 0 Å². The Hall–Kier alpha value is -2.33. The van der Waals surface area contributed by atoms with Gasteiger partial charge in [-0.1, -0.05) is 6.07 Å². The number of nitriles is 2. The minimum absolute atomic E-state index is 0.0568. The summed E-state index contributed by atoms with van der Waals surface area (Å²) in [6.45, 7) is 1.62. The third-order valence-electron chi connectivity index (χ3n) is 1.88. The summed E-state index contributed by atoms with van der Waals surface area (Å²) in [5, 5.41) is 19.7. The van der Waals surface area contributed by atoms with Gasteiger partial charge in [-0.25, -0.2) is 4.39 Å². The Kier molecular flexibility index (Phi) is 3.43. The second-order valence-corrected chi connectivity index (χ2v) is 2.84. The van der Waals surface area contributed by atoms with Crippen molar-refractivity contribution in [2.45, 2.75) is 6.92 Å². The molecule has 0 aliphatic heterocycles. The van der Waals surface area contributed by atoms with Crippen LogP contribution in [0.3, 0.4) is 0 Å². The molecule has 4 heteroatoms. The third-order valence-corrected chi connectivity index (χ3v) is 1.88. The summed E-state index contributed by atoms with van der Waals surface area (Å²) in [5.74, 6) is -0.330. The first-order valence-corrected chi connectivity index (χ1v) is 4.21. The molecule has 0 bridgehead atoms. The first kappa shape index (κ1) is 10.7. The maximum Gasteiger partial charge on any atom is 0.145 e. The molecule has 1 aromatic carbocycles. The Bertz CT molecular complexity index is 462. The Balaban J connectivity index is 2.93. The first-order valence-electron chi connectivity index (χ1n) is 4.21. The molecule has 1 aromatic rings. The predicted molar refractivity (Wildman–Crippen MR) is 54.1 cm³/mol. The van der Waals surface area contributed by atoms with E-state index in [0.29, 0.717) is 11.3 Å². The summed E-state index contributed by atoms with van der Waals surface area (Å²) < 4.78 is 13.1. The van der Waals surface area contributed by atoms with Crippen molar-refractivity contribution in [3.8, 4) is 12.1 Å². The van der Waals surface area contributed by atoms with E-state index >= 15 is 0 Å². The molecule has 3 nitrogen and oxygen atoms in total. The molecule has 0 saturated heterocycles. The number of hydrogen-bond acceptors (Lipinski definition) is 3. The molecule has 74 valence electrons. The second-order valence-electron chi connectivity index (χ2n) is 2.84. The van der Waals surface area contributed by atoms with Crippen molar-refractivity contribution in [2.75, 3.05) is 5.32 Å². The van der Waals surface area contributed by atoms with Gasteiger partial charge in [0.05, 0.1) is 0 Å². The molecule has 1 N–H and O–H groups in total. The fourth-order valence-electron chi connectivity index (χ4n) is 1.00. The van der Waals surface area contributed by atoms with E-state index in [1.54, 1.807) is 31.2 Å². The minimum atomic E-state index is -0.330. The summed E-state index contributed by atoms with van der Waals surface area (Å²) >= 11 is 0. The van der Waals surface area contributed by atoms with Gasteiger partial charge in [0.1, 0.15) is 23.5 Å². The summed E-state index contributed by atoms with van der Waals surface area (Å²) in [7, 11) is 0. The van der Waals surface area contributed by atoms with Crippen molar-refractivity contribution in [3.63, 3.8) is 0 Å². The number of halogens is 1. The van der Waals surface area contributed by atoms with E-state index in [4.69, 9.17) is 10.5 Å². The number of rotatable bonds is 2. The highest BCUT2D eigenvalue weighted by molar-refractivity contribution is 5.54. The Morgan fingerprint density at radius 2 is 2.07 bits per heavy atom. The molecule has 0 unspecified atom stereocenters. The molecule has 0 radical (unpaired) electrons. The van der Waals surface area contributed by atoms with Crippen LogP contribution in [-0.2, 0) is 0 Å². The van der Waals surface area contributed by atoms with Gasteiger partial charge in [0.2, 0.25) is 0 Å². The number of benzene rings is 1. The zero-order chi connectivity index (χ0) is 11.3. The van der Waals surface area contributed by atoms with E-state index < -0.39 is 0 Å². The first-order chi connectivity index (χ1) is 7.19. The van der Waals surface area contributed by atoms with Gasteiger partial charge in [-0.05, 0) is 19.1 Å². The minimum Gasteiger partial charge on any atom is -0.360 e. The van der Waals surface area contributed by atoms with Crippen LogP contribution in [0.25, 0.3) is 0 Å². The molecule has 1 rings (SSSR count). The number of nitrogens with zero attached hydrogens (tertiary/aromatic N) is 2. The third kappa shape index (κ3) is 2.55. The van der Waals surface area contributed by atoms with E-state index in [9.17, 15) is 4.39 Å². The van der Waals surface area contributed by atoms with Crippen LogP contribution in [0.5, 0.6) is 0 Å². The van der Waals surface area contributed by atoms with E-state index in [1.807, 2.05) is 0 Å². The highest BCUT2D eigenvalue weighted by Gasteiger charge is 2.01. The molecule has 0 spiro atoms. The van der Waals surface area contributed by atoms with Crippen LogP contribution in [0.1, 0.15) is 5.56 Å². The Labute approximate surface area is 87.1 Å². The normalized spacial score (nSPS) is 8.53. The number of nitrogens with one attached hydrogen (secondary N) is 1. The molecule has 0 saturated carbocycles. The molecular weight excluding hydrogens is 193 g/mol. The van der Waals surface area contributed by atoms with Crippen LogP contribution >= 0.6 is 0 Å². The summed E-state index contributed by atoms with van der Waals surface area (Å²) in [4.78, 5) is 0. The zero-order valence-electron chi connectivity index (χ0n) is 8.08. The number of hydrogen-bond donors (Lipinski definition) is 1. The largest absolute Gasteiger partial charge is 0.360 e. The van der Waals surface area contributed by atoms with Crippen LogP contribution < -0.4 is 5.32 Å². The lowest BCUT2D eigenvalue weighted by Crippen LogP contribution is -1.94. The summed E-state index contributed by atoms with van der Waals surface area (Å²) in [6.07, 6.45) is 1.25. The Morgan fingerprint density at radius 3 is 2.67 bits per heavy atom. The smallest absolute Gasteiger partial charge is 0.145 e. The van der Waals surface area contributed by atoms with Gasteiger partial charge in [-0.2, -0.15) is 10.5 Å². The fraction of sp³-hybridized carbons (Fsp3) is 0.0909. The van der Waals surface area contributed by atoms with Gasteiger partial charge in [-0.15, -0.1) is 0 Å². The van der Waals surface area contributed by atoms with Crippen LogP contribution in [0.4, 0.5) is 10.1 Å². The zero-order valence-corrected chi connectivity index (χ0v) is 8.08. The van der Waals surface area contributed by atoms with Crippen molar-refractivity contribution in [2.24, 2.45) is 0 Å². The van der Waals surface area contributed by atoms with Crippen molar-refractivity contribution in [3.05, 3.63) is 41.4 Å². The van der Waals surface area contributed by atoms with Gasteiger partial charge >= 0.3 is 0 Å². The topological polar surface area (TPSA) is 59.6 Å². The highest BCUT2D eigenvalue weighted by atomic mass is 19.1. The lowest BCUT2D eigenvalue weighted by atomic mass is 10.2. The fourth-order valence-corrected chi connectivity index (χ4v) is 1.00. The quantitative estimate of drug-likeness (QED) is 0.747. The van der Waals surface area contributed by atoms with Crippen LogP contribution in [0.15, 0.2) is 30.0 Å². The van der Waals surface area contributed by atoms with Gasteiger partial charge in [0, 0.05) is 17.5 Å². The lowest BCUT2D eigenvalue weighted by Gasteiger charge is -2.05. The predicted octanol–water partition coefficient (Wildman–Crippen LogP) is 2.48. The van der Waals surface area contributed by atoms with Gasteiger partial charge in [0.25, 0.3) is 0 Å². The highest BCUT2D eigenvalue weighted by Crippen LogP contribution is 2.17. The van der Waals surface area contributed by atoms with Crippen molar-refractivity contribution in [1.29, 1.82) is 10.5 Å². The maximum atomic E-state index is 13.1. The van der Waals surface area contributed by atoms with E-state index in [-0.39, 0.29) is 11.4 Å². The maximum absolute atomic E-state index is 13.1. The lowest BCUT2D eigenvalue weighted by molar-refractivity contribution is 0.619. The second kappa shape index (κ2) is 4.78. The number of allylic oxidation sites excluding steroid dienone is 1. The van der Waals surface area contributed by atoms with E-state index in [0.717, 1.165) is 0 Å². The molecule has 0 aromatic heterocycles. The van der Waals surface area contributed by atoms with Gasteiger partial charge in [-0.3, -0.25) is 0 Å². The SMILES string of the molecule is Cc1c(F)cccc1NC=C(C#N)C#N. The molecule has 0 amide bonds. The van der Waals surface area contributed by atoms with Crippen molar-refractivity contribution < 1.29 is 4.39 Å². The van der Waals surface area contributed by atoms with Crippen LogP contribution in [0, 0.1) is 35.4 Å². The molecular formula is C11H8FN3. The Morgan fingerprint density at radius 1 is 1.40 bits per heavy atom. The molecule has 0 fully saturated rings. The average molecular weight is 201 g/mol. The molecule has 15 heavy (non-hydrogen) atoms.